The van der Waals surface area contributed by atoms with Gasteiger partial charge >= 0.3 is 0 Å². The number of pyridine rings is 1. The number of aromatic nitrogens is 1. The van der Waals surface area contributed by atoms with E-state index in [1.54, 1.807) is 60.0 Å². The number of carbonyl (C=O) groups is 2. The molecule has 42 heavy (non-hydrogen) atoms. The maximum absolute atomic E-state index is 13.5. The molecule has 2 aromatic carbocycles. The average Bonchev–Trinajstić information content (AvgIpc) is 3.41. The maximum atomic E-state index is 13.5. The molecule has 0 unspecified atom stereocenters. The summed E-state index contributed by atoms with van der Waals surface area (Å²) in [5.74, 6) is -0.564. The molecule has 0 saturated carbocycles. The van der Waals surface area contributed by atoms with Crippen molar-refractivity contribution in [1.29, 1.82) is 0 Å². The Labute approximate surface area is 245 Å². The number of hydrazine groups is 2. The van der Waals surface area contributed by atoms with Crippen LogP contribution < -0.4 is 36.1 Å². The fourth-order valence-electron chi connectivity index (χ4n) is 4.19. The second-order valence-corrected chi connectivity index (χ2v) is 12.6. The van der Waals surface area contributed by atoms with Crippen molar-refractivity contribution in [2.75, 3.05) is 28.4 Å². The van der Waals surface area contributed by atoms with Crippen LogP contribution in [0.15, 0.2) is 66.8 Å². The zero-order valence-corrected chi connectivity index (χ0v) is 25.1. The molecule has 2 amide bonds. The molecule has 2 heterocycles. The highest BCUT2D eigenvalue weighted by Crippen LogP contribution is 2.39. The van der Waals surface area contributed by atoms with Gasteiger partial charge in [-0.05, 0) is 59.4 Å². The number of benzene rings is 2. The lowest BCUT2D eigenvalue weighted by molar-refractivity contribution is -0.118. The lowest BCUT2D eigenvalue weighted by Crippen LogP contribution is -2.39. The van der Waals surface area contributed by atoms with Crippen LogP contribution in [0.3, 0.4) is 0 Å². The lowest BCUT2D eigenvalue weighted by atomic mass is 9.86. The zero-order chi connectivity index (χ0) is 30.7. The lowest BCUT2D eigenvalue weighted by Gasteiger charge is -2.24. The van der Waals surface area contributed by atoms with Crippen LogP contribution in [0.5, 0.6) is 5.75 Å². The van der Waals surface area contributed by atoms with E-state index < -0.39 is 15.9 Å². The highest BCUT2D eigenvalue weighted by Gasteiger charge is 2.24. The number of rotatable bonds is 9. The van der Waals surface area contributed by atoms with Gasteiger partial charge in [0.2, 0.25) is 10.0 Å². The predicted octanol–water partition coefficient (Wildman–Crippen LogP) is 3.31. The number of aryl methyl sites for hydroxylation is 1. The van der Waals surface area contributed by atoms with E-state index >= 15 is 0 Å². The molecular formula is C29H35N7O5S. The summed E-state index contributed by atoms with van der Waals surface area (Å²) in [6.45, 7) is 8.15. The monoisotopic (exact) mass is 593 g/mol. The van der Waals surface area contributed by atoms with Gasteiger partial charge in [-0.25, -0.2) is 8.42 Å². The van der Waals surface area contributed by atoms with Gasteiger partial charge in [-0.15, -0.1) is 5.53 Å². The molecule has 0 radical (unpaired) electrons. The SMILES string of the molecule is COc1c(NC(=O)c2ccc(C)c(N3C=C(C(=O)NCc4cccnc4)NN3)c2)cc(C(C)(C)C)cc1NS(C)(=O)=O. The van der Waals surface area contributed by atoms with Crippen LogP contribution in [0, 0.1) is 6.92 Å². The van der Waals surface area contributed by atoms with E-state index in [-0.39, 0.29) is 22.8 Å². The second kappa shape index (κ2) is 12.1. The Kier molecular flexibility index (Phi) is 8.73. The van der Waals surface area contributed by atoms with Gasteiger partial charge in [0.15, 0.2) is 5.75 Å². The normalized spacial score (nSPS) is 13.2. The number of methoxy groups -OCH3 is 1. The number of nitrogens with zero attached hydrogens (tertiary/aromatic N) is 2. The van der Waals surface area contributed by atoms with Crippen LogP contribution in [0.4, 0.5) is 17.1 Å². The van der Waals surface area contributed by atoms with E-state index in [1.165, 1.54) is 7.11 Å². The maximum Gasteiger partial charge on any atom is 0.270 e. The summed E-state index contributed by atoms with van der Waals surface area (Å²) in [5, 5.41) is 7.32. The van der Waals surface area contributed by atoms with E-state index in [1.807, 2.05) is 33.8 Å². The number of sulfonamides is 1. The Bertz CT molecular complexity index is 1630. The number of anilines is 3. The molecule has 5 N–H and O–H groups in total. The highest BCUT2D eigenvalue weighted by molar-refractivity contribution is 7.92. The molecule has 4 rings (SSSR count). The molecule has 0 bridgehead atoms. The summed E-state index contributed by atoms with van der Waals surface area (Å²) in [4.78, 5) is 30.2. The number of hydrogen-bond donors (Lipinski definition) is 5. The van der Waals surface area contributed by atoms with Gasteiger partial charge in [0, 0.05) is 24.5 Å². The fourth-order valence-corrected chi connectivity index (χ4v) is 4.75. The number of hydrogen-bond acceptors (Lipinski definition) is 9. The zero-order valence-electron chi connectivity index (χ0n) is 24.3. The summed E-state index contributed by atoms with van der Waals surface area (Å²) >= 11 is 0. The topological polar surface area (TPSA) is 154 Å². The molecule has 0 spiro atoms. The van der Waals surface area contributed by atoms with E-state index in [9.17, 15) is 18.0 Å². The van der Waals surface area contributed by atoms with E-state index in [4.69, 9.17) is 4.74 Å². The minimum atomic E-state index is -3.62. The number of amides is 2. The first-order valence-electron chi connectivity index (χ1n) is 13.1. The van der Waals surface area contributed by atoms with Crippen molar-refractivity contribution in [3.8, 4) is 5.75 Å². The van der Waals surface area contributed by atoms with Crippen molar-refractivity contribution in [3.63, 3.8) is 0 Å². The van der Waals surface area contributed by atoms with Crippen molar-refractivity contribution in [2.45, 2.75) is 39.7 Å². The van der Waals surface area contributed by atoms with Crippen LogP contribution >= 0.6 is 0 Å². The van der Waals surface area contributed by atoms with Crippen LogP contribution in [0.1, 0.15) is 47.8 Å². The Morgan fingerprint density at radius 3 is 2.45 bits per heavy atom. The molecule has 1 aliphatic heterocycles. The minimum Gasteiger partial charge on any atom is -0.492 e. The molecular weight excluding hydrogens is 558 g/mol. The fraction of sp³-hybridized carbons (Fsp3) is 0.276. The Balaban J connectivity index is 1.57. The molecule has 0 atom stereocenters. The summed E-state index contributed by atoms with van der Waals surface area (Å²) in [6.07, 6.45) is 5.99. The Morgan fingerprint density at radius 1 is 1.07 bits per heavy atom. The van der Waals surface area contributed by atoms with Crippen LogP contribution in [-0.2, 0) is 26.8 Å². The van der Waals surface area contributed by atoms with E-state index in [0.29, 0.717) is 29.2 Å². The molecule has 1 aromatic heterocycles. The van der Waals surface area contributed by atoms with Gasteiger partial charge in [-0.1, -0.05) is 32.9 Å². The first-order valence-corrected chi connectivity index (χ1v) is 15.0. The largest absolute Gasteiger partial charge is 0.492 e. The van der Waals surface area contributed by atoms with Gasteiger partial charge in [-0.3, -0.25) is 29.7 Å². The van der Waals surface area contributed by atoms with Crippen molar-refractivity contribution < 1.29 is 22.7 Å². The molecule has 3 aromatic rings. The van der Waals surface area contributed by atoms with Gasteiger partial charge in [0.25, 0.3) is 11.8 Å². The predicted molar refractivity (Wildman–Crippen MR) is 162 cm³/mol. The van der Waals surface area contributed by atoms with Crippen molar-refractivity contribution in [3.05, 3.63) is 89.0 Å². The van der Waals surface area contributed by atoms with Gasteiger partial charge in [0.05, 0.1) is 36.6 Å². The summed E-state index contributed by atoms with van der Waals surface area (Å²) < 4.78 is 32.1. The second-order valence-electron chi connectivity index (χ2n) is 10.9. The molecule has 222 valence electrons. The molecule has 1 aliphatic rings. The third-order valence-electron chi connectivity index (χ3n) is 6.42. The third kappa shape index (κ3) is 7.36. The van der Waals surface area contributed by atoms with E-state index in [2.05, 4.69) is 31.3 Å². The van der Waals surface area contributed by atoms with Crippen molar-refractivity contribution in [2.24, 2.45) is 0 Å². The average molecular weight is 594 g/mol. The smallest absolute Gasteiger partial charge is 0.270 e. The number of nitrogens with one attached hydrogen (secondary N) is 5. The molecule has 0 saturated heterocycles. The van der Waals surface area contributed by atoms with Crippen LogP contribution in [0.2, 0.25) is 0 Å². The standard InChI is InChI=1S/C29H35N7O5S/c1-18-9-10-20(12-25(18)36-17-24(33-35-36)28(38)31-16-19-8-7-11-30-15-19)27(37)32-22-13-21(29(2,3)4)14-23(26(22)41-5)34-42(6,39)40/h7-15,17,33-35H,16H2,1-6H3,(H,31,38)(H,32,37). The molecule has 0 fully saturated rings. The highest BCUT2D eigenvalue weighted by atomic mass is 32.2. The first-order chi connectivity index (χ1) is 19.7. The van der Waals surface area contributed by atoms with Crippen molar-refractivity contribution in [1.82, 2.24) is 21.3 Å². The van der Waals surface area contributed by atoms with Crippen molar-refractivity contribution >= 4 is 38.9 Å². The quantitative estimate of drug-likeness (QED) is 0.251. The third-order valence-corrected chi connectivity index (χ3v) is 7.01. The molecule has 12 nitrogen and oxygen atoms in total. The summed E-state index contributed by atoms with van der Waals surface area (Å²) in [7, 11) is -2.21. The van der Waals surface area contributed by atoms with Crippen LogP contribution in [0.25, 0.3) is 0 Å². The summed E-state index contributed by atoms with van der Waals surface area (Å²) in [6, 6.07) is 12.3. The minimum absolute atomic E-state index is 0.185. The van der Waals surface area contributed by atoms with E-state index in [0.717, 1.165) is 22.9 Å². The van der Waals surface area contributed by atoms with Gasteiger partial charge in [-0.2, -0.15) is 0 Å². The summed E-state index contributed by atoms with van der Waals surface area (Å²) in [5.41, 5.74) is 9.75. The Hall–Kier alpha value is -4.62. The Morgan fingerprint density at radius 2 is 1.81 bits per heavy atom. The molecule has 13 heteroatoms. The number of ether oxygens (including phenoxy) is 1. The van der Waals surface area contributed by atoms with Crippen LogP contribution in [-0.4, -0.2) is 38.6 Å². The first kappa shape index (κ1) is 30.3. The number of carbonyl (C=O) groups excluding carboxylic acids is 2. The van der Waals surface area contributed by atoms with Gasteiger partial charge < -0.3 is 15.4 Å². The van der Waals surface area contributed by atoms with Gasteiger partial charge in [0.1, 0.15) is 5.70 Å². The molecule has 0 aliphatic carbocycles.